The second-order valence-corrected chi connectivity index (χ2v) is 9.26. The van der Waals surface area contributed by atoms with Crippen LogP contribution >= 0.6 is 0 Å². The zero-order valence-corrected chi connectivity index (χ0v) is 19.2. The summed E-state index contributed by atoms with van der Waals surface area (Å²) >= 11 is 0. The molecule has 1 amide bonds. The average molecular weight is 476 g/mol. The van der Waals surface area contributed by atoms with Crippen molar-refractivity contribution in [3.05, 3.63) is 35.9 Å². The van der Waals surface area contributed by atoms with E-state index in [-0.39, 0.29) is 24.6 Å². The van der Waals surface area contributed by atoms with Crippen molar-refractivity contribution in [2.24, 2.45) is 5.41 Å². The molecule has 0 aliphatic carbocycles. The number of amides is 1. The van der Waals surface area contributed by atoms with E-state index in [4.69, 9.17) is 13.7 Å². The molecule has 0 radical (unpaired) electrons. The standard InChI is InChI=1S/C20H29NO10S/c1-14(22)21-11-8-12-32(26,27)29-13-20(2,3)16(23)17(24)30-18(31-19(25)28-4)15-9-6-5-7-10-15/h5-7,9-10,16,18,23H,8,11-13H2,1-4H3,(H,21,22)/t16-,18?/m0/s1. The molecule has 0 heterocycles. The first kappa shape index (κ1) is 27.3. The van der Waals surface area contributed by atoms with E-state index >= 15 is 0 Å². The Hall–Kier alpha value is -2.70. The molecule has 0 aliphatic rings. The Bertz CT molecular complexity index is 870. The summed E-state index contributed by atoms with van der Waals surface area (Å²) in [7, 11) is -2.88. The Morgan fingerprint density at radius 2 is 1.75 bits per heavy atom. The first-order valence-corrected chi connectivity index (χ1v) is 11.3. The van der Waals surface area contributed by atoms with Crippen LogP contribution in [0.4, 0.5) is 4.79 Å². The minimum atomic E-state index is -3.96. The maximum atomic E-state index is 12.5. The van der Waals surface area contributed by atoms with Crippen LogP contribution in [0.2, 0.25) is 0 Å². The molecule has 2 atom stereocenters. The fraction of sp³-hybridized carbons (Fsp3) is 0.550. The summed E-state index contributed by atoms with van der Waals surface area (Å²) in [5, 5.41) is 12.9. The highest BCUT2D eigenvalue weighted by Gasteiger charge is 2.38. The van der Waals surface area contributed by atoms with Crippen molar-refractivity contribution in [3.63, 3.8) is 0 Å². The van der Waals surface area contributed by atoms with E-state index in [1.807, 2.05) is 0 Å². The summed E-state index contributed by atoms with van der Waals surface area (Å²) in [6.45, 7) is 3.78. The summed E-state index contributed by atoms with van der Waals surface area (Å²) in [5.74, 6) is -1.79. The predicted molar refractivity (Wildman–Crippen MR) is 112 cm³/mol. The van der Waals surface area contributed by atoms with Crippen LogP contribution in [0.15, 0.2) is 30.3 Å². The summed E-state index contributed by atoms with van der Waals surface area (Å²) in [5.41, 5.74) is -1.05. The second kappa shape index (κ2) is 12.4. The molecule has 0 fully saturated rings. The lowest BCUT2D eigenvalue weighted by Crippen LogP contribution is -2.42. The topological polar surface area (TPSA) is 155 Å². The Labute approximate surface area is 187 Å². The zero-order chi connectivity index (χ0) is 24.4. The zero-order valence-electron chi connectivity index (χ0n) is 18.4. The van der Waals surface area contributed by atoms with Gasteiger partial charge in [0.1, 0.15) is 0 Å². The van der Waals surface area contributed by atoms with E-state index in [1.54, 1.807) is 18.2 Å². The minimum Gasteiger partial charge on any atom is -0.438 e. The van der Waals surface area contributed by atoms with Crippen molar-refractivity contribution >= 4 is 28.1 Å². The smallest absolute Gasteiger partial charge is 0.438 e. The Morgan fingerprint density at radius 3 is 2.31 bits per heavy atom. The van der Waals surface area contributed by atoms with Gasteiger partial charge in [-0.2, -0.15) is 8.42 Å². The molecule has 2 N–H and O–H groups in total. The van der Waals surface area contributed by atoms with Crippen molar-refractivity contribution in [2.75, 3.05) is 26.0 Å². The van der Waals surface area contributed by atoms with Crippen LogP contribution in [0.3, 0.4) is 0 Å². The van der Waals surface area contributed by atoms with E-state index in [0.29, 0.717) is 5.56 Å². The highest BCUT2D eigenvalue weighted by atomic mass is 32.2. The van der Waals surface area contributed by atoms with Gasteiger partial charge >= 0.3 is 12.1 Å². The molecule has 0 aromatic heterocycles. The number of carbonyl (C=O) groups is 3. The van der Waals surface area contributed by atoms with Gasteiger partial charge in [-0.25, -0.2) is 9.59 Å². The summed E-state index contributed by atoms with van der Waals surface area (Å²) < 4.78 is 43.5. The molecule has 0 saturated heterocycles. The van der Waals surface area contributed by atoms with Gasteiger partial charge in [-0.1, -0.05) is 44.2 Å². The number of esters is 1. The molecule has 180 valence electrons. The van der Waals surface area contributed by atoms with Gasteiger partial charge in [-0.15, -0.1) is 0 Å². The van der Waals surface area contributed by atoms with Gasteiger partial charge in [0.2, 0.25) is 5.91 Å². The maximum Gasteiger partial charge on any atom is 0.511 e. The first-order chi connectivity index (χ1) is 14.9. The third-order valence-electron chi connectivity index (χ3n) is 4.18. The number of ether oxygens (including phenoxy) is 3. The third-order valence-corrected chi connectivity index (χ3v) is 5.45. The molecule has 0 saturated carbocycles. The van der Waals surface area contributed by atoms with E-state index in [0.717, 1.165) is 7.11 Å². The van der Waals surface area contributed by atoms with Crippen LogP contribution in [0.1, 0.15) is 39.0 Å². The summed E-state index contributed by atoms with van der Waals surface area (Å²) in [6.07, 6.45) is -4.25. The molecule has 11 nitrogen and oxygen atoms in total. The lowest BCUT2D eigenvalue weighted by molar-refractivity contribution is -0.188. The highest BCUT2D eigenvalue weighted by Crippen LogP contribution is 2.27. The quantitative estimate of drug-likeness (QED) is 0.195. The summed E-state index contributed by atoms with van der Waals surface area (Å²) in [4.78, 5) is 34.8. The predicted octanol–water partition coefficient (Wildman–Crippen LogP) is 1.27. The van der Waals surface area contributed by atoms with Crippen molar-refractivity contribution in [1.82, 2.24) is 5.32 Å². The van der Waals surface area contributed by atoms with Gasteiger partial charge in [0.15, 0.2) is 6.10 Å². The molecule has 1 aromatic carbocycles. The Kier molecular flexibility index (Phi) is 10.6. The molecule has 1 aromatic rings. The van der Waals surface area contributed by atoms with Gasteiger partial charge in [-0.3, -0.25) is 8.98 Å². The van der Waals surface area contributed by atoms with Gasteiger partial charge in [0, 0.05) is 24.4 Å². The van der Waals surface area contributed by atoms with Crippen molar-refractivity contribution in [2.45, 2.75) is 39.6 Å². The van der Waals surface area contributed by atoms with Crippen LogP contribution in [-0.4, -0.2) is 63.7 Å². The van der Waals surface area contributed by atoms with Crippen LogP contribution in [0, 0.1) is 5.41 Å². The lowest BCUT2D eigenvalue weighted by atomic mass is 9.87. The molecule has 0 spiro atoms. The molecule has 32 heavy (non-hydrogen) atoms. The highest BCUT2D eigenvalue weighted by molar-refractivity contribution is 7.86. The Balaban J connectivity index is 2.74. The molecule has 0 aliphatic heterocycles. The van der Waals surface area contributed by atoms with Gasteiger partial charge in [0.05, 0.1) is 19.5 Å². The molecular formula is C20H29NO10S. The molecule has 0 bridgehead atoms. The van der Waals surface area contributed by atoms with Gasteiger partial charge in [-0.05, 0) is 6.42 Å². The lowest BCUT2D eigenvalue weighted by Gasteiger charge is -2.29. The Morgan fingerprint density at radius 1 is 1.12 bits per heavy atom. The van der Waals surface area contributed by atoms with Gasteiger partial charge < -0.3 is 24.6 Å². The fourth-order valence-corrected chi connectivity index (χ4v) is 3.39. The number of nitrogens with one attached hydrogen (secondary N) is 1. The number of hydrogen-bond acceptors (Lipinski definition) is 10. The molecule has 1 unspecified atom stereocenters. The monoisotopic (exact) mass is 475 g/mol. The SMILES string of the molecule is COC(=O)OC(OC(=O)[C@H](O)C(C)(C)COS(=O)(=O)CCCNC(C)=O)c1ccccc1. The van der Waals surface area contributed by atoms with Crippen LogP contribution in [0.5, 0.6) is 0 Å². The number of rotatable bonds is 12. The third kappa shape index (κ3) is 9.62. The van der Waals surface area contributed by atoms with E-state index in [1.165, 1.54) is 32.9 Å². The number of carbonyl (C=O) groups excluding carboxylic acids is 3. The number of methoxy groups -OCH3 is 1. The van der Waals surface area contributed by atoms with Crippen molar-refractivity contribution in [1.29, 1.82) is 0 Å². The van der Waals surface area contributed by atoms with Crippen LogP contribution < -0.4 is 5.32 Å². The average Bonchev–Trinajstić information content (AvgIpc) is 2.74. The molecule has 1 rings (SSSR count). The number of aliphatic hydroxyl groups is 1. The van der Waals surface area contributed by atoms with Crippen molar-refractivity contribution < 1.29 is 46.3 Å². The number of benzene rings is 1. The number of aliphatic hydroxyl groups excluding tert-OH is 1. The van der Waals surface area contributed by atoms with Gasteiger partial charge in [0.25, 0.3) is 16.4 Å². The number of hydrogen-bond donors (Lipinski definition) is 2. The van der Waals surface area contributed by atoms with Crippen molar-refractivity contribution in [3.8, 4) is 0 Å². The van der Waals surface area contributed by atoms with Crippen LogP contribution in [-0.2, 0) is 38.1 Å². The minimum absolute atomic E-state index is 0.135. The fourth-order valence-electron chi connectivity index (χ4n) is 2.29. The normalized spacial score (nSPS) is 13.5. The van der Waals surface area contributed by atoms with E-state index in [2.05, 4.69) is 10.1 Å². The van der Waals surface area contributed by atoms with Crippen LogP contribution in [0.25, 0.3) is 0 Å². The van der Waals surface area contributed by atoms with E-state index in [9.17, 15) is 27.9 Å². The summed E-state index contributed by atoms with van der Waals surface area (Å²) in [6, 6.07) is 8.03. The molecular weight excluding hydrogens is 446 g/mol. The van der Waals surface area contributed by atoms with E-state index < -0.39 is 46.7 Å². The maximum absolute atomic E-state index is 12.5. The first-order valence-electron chi connectivity index (χ1n) is 9.67. The second-order valence-electron chi connectivity index (χ2n) is 7.50. The largest absolute Gasteiger partial charge is 0.511 e. The molecule has 12 heteroatoms.